The Bertz CT molecular complexity index is 337. The van der Waals surface area contributed by atoms with Gasteiger partial charge in [0, 0.05) is 0 Å². The molecule has 0 bridgehead atoms. The molecule has 1 aliphatic carbocycles. The van der Waals surface area contributed by atoms with Crippen LogP contribution in [0.25, 0.3) is 0 Å². The molecule has 0 spiro atoms. The highest BCUT2D eigenvalue weighted by Crippen LogP contribution is 2.31. The average molecular weight is 204 g/mol. The highest BCUT2D eigenvalue weighted by molar-refractivity contribution is 5.38. The third kappa shape index (κ3) is 2.53. The molecule has 0 heterocycles. The fourth-order valence-electron chi connectivity index (χ4n) is 1.72. The first-order valence-electron chi connectivity index (χ1n) is 6.00. The Morgan fingerprint density at radius 1 is 1.33 bits per heavy atom. The van der Waals surface area contributed by atoms with Crippen molar-refractivity contribution in [3.8, 4) is 5.75 Å². The van der Waals surface area contributed by atoms with Gasteiger partial charge in [-0.1, -0.05) is 32.9 Å². The van der Waals surface area contributed by atoms with Gasteiger partial charge in [-0.25, -0.2) is 0 Å². The van der Waals surface area contributed by atoms with Crippen molar-refractivity contribution in [3.63, 3.8) is 0 Å². The van der Waals surface area contributed by atoms with Crippen molar-refractivity contribution in [2.24, 2.45) is 0 Å². The van der Waals surface area contributed by atoms with Crippen molar-refractivity contribution >= 4 is 0 Å². The number of hydrogen-bond acceptors (Lipinski definition) is 1. The van der Waals surface area contributed by atoms with Crippen LogP contribution in [0.1, 0.15) is 50.7 Å². The number of rotatable bonds is 4. The molecule has 0 amide bonds. The Labute approximate surface area is 92.5 Å². The van der Waals surface area contributed by atoms with Gasteiger partial charge >= 0.3 is 0 Å². The van der Waals surface area contributed by atoms with Crippen LogP contribution >= 0.6 is 0 Å². The number of hydrogen-bond donors (Lipinski definition) is 0. The molecule has 0 unspecified atom stereocenters. The molecule has 0 atom stereocenters. The Morgan fingerprint density at radius 3 is 2.60 bits per heavy atom. The van der Waals surface area contributed by atoms with E-state index in [9.17, 15) is 0 Å². The average Bonchev–Trinajstić information content (AvgIpc) is 3.02. The SMILES string of the molecule is CCc1cc(C(C)C)ccc1OC1CC1. The van der Waals surface area contributed by atoms with Gasteiger partial charge in [-0.2, -0.15) is 0 Å². The minimum absolute atomic E-state index is 0.500. The summed E-state index contributed by atoms with van der Waals surface area (Å²) in [6.45, 7) is 6.66. The van der Waals surface area contributed by atoms with E-state index in [1.54, 1.807) is 0 Å². The molecule has 2 rings (SSSR count). The summed E-state index contributed by atoms with van der Waals surface area (Å²) in [5.41, 5.74) is 2.77. The second-order valence-electron chi connectivity index (χ2n) is 4.69. The van der Waals surface area contributed by atoms with Crippen molar-refractivity contribution in [2.45, 2.75) is 52.1 Å². The fourth-order valence-corrected chi connectivity index (χ4v) is 1.72. The first-order chi connectivity index (χ1) is 7.20. The van der Waals surface area contributed by atoms with E-state index in [4.69, 9.17) is 4.74 Å². The van der Waals surface area contributed by atoms with Crippen LogP contribution in [0.4, 0.5) is 0 Å². The molecule has 1 fully saturated rings. The molecule has 0 radical (unpaired) electrons. The van der Waals surface area contributed by atoms with Gasteiger partial charge in [-0.05, 0) is 42.4 Å². The maximum absolute atomic E-state index is 5.88. The van der Waals surface area contributed by atoms with Gasteiger partial charge in [0.15, 0.2) is 0 Å². The second-order valence-corrected chi connectivity index (χ2v) is 4.69. The lowest BCUT2D eigenvalue weighted by Crippen LogP contribution is -2.00. The van der Waals surface area contributed by atoms with Crippen molar-refractivity contribution in [1.29, 1.82) is 0 Å². The fraction of sp³-hybridized carbons (Fsp3) is 0.571. The molecule has 1 aromatic carbocycles. The lowest BCUT2D eigenvalue weighted by atomic mass is 9.99. The van der Waals surface area contributed by atoms with E-state index in [1.807, 2.05) is 0 Å². The number of ether oxygens (including phenoxy) is 1. The number of benzene rings is 1. The first kappa shape index (κ1) is 10.5. The van der Waals surface area contributed by atoms with Gasteiger partial charge in [-0.15, -0.1) is 0 Å². The summed E-state index contributed by atoms with van der Waals surface area (Å²) in [7, 11) is 0. The molecular weight excluding hydrogens is 184 g/mol. The Hall–Kier alpha value is -0.980. The largest absolute Gasteiger partial charge is 0.490 e. The van der Waals surface area contributed by atoms with E-state index in [0.717, 1.165) is 12.2 Å². The van der Waals surface area contributed by atoms with Gasteiger partial charge < -0.3 is 4.74 Å². The molecule has 1 aromatic rings. The first-order valence-corrected chi connectivity index (χ1v) is 6.00. The summed E-state index contributed by atoms with van der Waals surface area (Å²) in [6.07, 6.45) is 4.02. The standard InChI is InChI=1S/C14H20O/c1-4-11-9-12(10(2)3)5-8-14(11)15-13-6-7-13/h5,8-10,13H,4,6-7H2,1-3H3. The van der Waals surface area contributed by atoms with Crippen molar-refractivity contribution in [3.05, 3.63) is 29.3 Å². The van der Waals surface area contributed by atoms with Gasteiger partial charge in [0.05, 0.1) is 6.10 Å². The normalized spacial score (nSPS) is 15.7. The summed E-state index contributed by atoms with van der Waals surface area (Å²) in [4.78, 5) is 0. The summed E-state index contributed by atoms with van der Waals surface area (Å²) < 4.78 is 5.88. The number of aryl methyl sites for hydroxylation is 1. The Morgan fingerprint density at radius 2 is 2.07 bits per heavy atom. The predicted octanol–water partition coefficient (Wildman–Crippen LogP) is 3.91. The molecule has 0 aromatic heterocycles. The third-order valence-electron chi connectivity index (χ3n) is 2.95. The van der Waals surface area contributed by atoms with E-state index >= 15 is 0 Å². The quantitative estimate of drug-likeness (QED) is 0.722. The van der Waals surface area contributed by atoms with E-state index in [0.29, 0.717) is 12.0 Å². The third-order valence-corrected chi connectivity index (χ3v) is 2.95. The Kier molecular flexibility index (Phi) is 2.99. The molecule has 1 aliphatic rings. The molecule has 1 saturated carbocycles. The van der Waals surface area contributed by atoms with Gasteiger partial charge in [-0.3, -0.25) is 0 Å². The second kappa shape index (κ2) is 4.26. The Balaban J connectivity index is 2.21. The molecule has 1 nitrogen and oxygen atoms in total. The molecule has 1 heteroatoms. The van der Waals surface area contributed by atoms with Crippen LogP contribution in [0, 0.1) is 0 Å². The lowest BCUT2D eigenvalue weighted by Gasteiger charge is -2.13. The smallest absolute Gasteiger partial charge is 0.122 e. The molecule has 82 valence electrons. The van der Waals surface area contributed by atoms with Crippen LogP contribution in [0.3, 0.4) is 0 Å². The molecule has 0 saturated heterocycles. The lowest BCUT2D eigenvalue weighted by molar-refractivity contribution is 0.300. The van der Waals surface area contributed by atoms with Crippen LogP contribution in [0.15, 0.2) is 18.2 Å². The zero-order valence-corrected chi connectivity index (χ0v) is 9.92. The van der Waals surface area contributed by atoms with E-state index in [-0.39, 0.29) is 0 Å². The topological polar surface area (TPSA) is 9.23 Å². The van der Waals surface area contributed by atoms with E-state index < -0.39 is 0 Å². The summed E-state index contributed by atoms with van der Waals surface area (Å²) >= 11 is 0. The van der Waals surface area contributed by atoms with Crippen LogP contribution in [0.2, 0.25) is 0 Å². The minimum Gasteiger partial charge on any atom is -0.490 e. The highest BCUT2D eigenvalue weighted by atomic mass is 16.5. The molecule has 0 aliphatic heterocycles. The van der Waals surface area contributed by atoms with Crippen molar-refractivity contribution in [1.82, 2.24) is 0 Å². The maximum atomic E-state index is 5.88. The zero-order chi connectivity index (χ0) is 10.8. The van der Waals surface area contributed by atoms with E-state index in [1.165, 1.54) is 24.0 Å². The van der Waals surface area contributed by atoms with Crippen LogP contribution < -0.4 is 4.74 Å². The van der Waals surface area contributed by atoms with E-state index in [2.05, 4.69) is 39.0 Å². The highest BCUT2D eigenvalue weighted by Gasteiger charge is 2.24. The van der Waals surface area contributed by atoms with Crippen molar-refractivity contribution in [2.75, 3.05) is 0 Å². The predicted molar refractivity (Wildman–Crippen MR) is 63.6 cm³/mol. The maximum Gasteiger partial charge on any atom is 0.122 e. The molecule has 0 N–H and O–H groups in total. The van der Waals surface area contributed by atoms with Gasteiger partial charge in [0.1, 0.15) is 5.75 Å². The van der Waals surface area contributed by atoms with Gasteiger partial charge in [0.2, 0.25) is 0 Å². The minimum atomic E-state index is 0.500. The van der Waals surface area contributed by atoms with Crippen LogP contribution in [0.5, 0.6) is 5.75 Å². The zero-order valence-electron chi connectivity index (χ0n) is 9.92. The summed E-state index contributed by atoms with van der Waals surface area (Å²) in [6, 6.07) is 6.64. The molecular formula is C14H20O. The van der Waals surface area contributed by atoms with Crippen molar-refractivity contribution < 1.29 is 4.74 Å². The van der Waals surface area contributed by atoms with Gasteiger partial charge in [0.25, 0.3) is 0 Å². The summed E-state index contributed by atoms with van der Waals surface area (Å²) in [5.74, 6) is 1.70. The van der Waals surface area contributed by atoms with Crippen LogP contribution in [-0.4, -0.2) is 6.10 Å². The molecule has 15 heavy (non-hydrogen) atoms. The van der Waals surface area contributed by atoms with Crippen LogP contribution in [-0.2, 0) is 6.42 Å². The monoisotopic (exact) mass is 204 g/mol. The summed E-state index contributed by atoms with van der Waals surface area (Å²) in [5, 5.41) is 0.